The second-order valence-corrected chi connectivity index (χ2v) is 9.93. The van der Waals surface area contributed by atoms with Crippen molar-refractivity contribution in [1.82, 2.24) is 5.32 Å². The van der Waals surface area contributed by atoms with E-state index in [1.165, 1.54) is 6.92 Å². The van der Waals surface area contributed by atoms with Crippen LogP contribution in [0.4, 0.5) is 5.69 Å². The first kappa shape index (κ1) is 23.9. The number of rotatable bonds is 10. The number of carboxylic acid groups (broad SMARTS) is 1. The Bertz CT molecular complexity index is 890. The molecule has 2 rings (SSSR count). The maximum atomic E-state index is 12.7. The number of aryl methyl sites for hydroxylation is 2. The van der Waals surface area contributed by atoms with Crippen LogP contribution >= 0.6 is 0 Å². The van der Waals surface area contributed by atoms with Gasteiger partial charge in [-0.3, -0.25) is 9.59 Å². The minimum Gasteiger partial charge on any atom is -0.480 e. The fourth-order valence-electron chi connectivity index (χ4n) is 3.65. The number of carboxylic acids is 1. The Morgan fingerprint density at radius 1 is 1.20 bits per heavy atom. The van der Waals surface area contributed by atoms with Gasteiger partial charge in [0.15, 0.2) is 0 Å². The van der Waals surface area contributed by atoms with Gasteiger partial charge in [-0.15, -0.1) is 0 Å². The van der Waals surface area contributed by atoms with Gasteiger partial charge in [0.25, 0.3) is 0 Å². The first-order valence-corrected chi connectivity index (χ1v) is 12.1. The number of benzene rings is 1. The molecule has 30 heavy (non-hydrogen) atoms. The van der Waals surface area contributed by atoms with E-state index in [0.717, 1.165) is 29.7 Å². The lowest BCUT2D eigenvalue weighted by atomic mass is 10.0. The molecule has 0 bridgehead atoms. The molecule has 1 aromatic rings. The summed E-state index contributed by atoms with van der Waals surface area (Å²) in [7, 11) is -3.35. The van der Waals surface area contributed by atoms with E-state index in [4.69, 9.17) is 0 Å². The Morgan fingerprint density at radius 3 is 2.30 bits per heavy atom. The molecule has 166 valence electrons. The zero-order valence-electron chi connectivity index (χ0n) is 17.7. The fraction of sp³-hybridized carbons (Fsp3) is 0.571. The van der Waals surface area contributed by atoms with Crippen molar-refractivity contribution in [2.75, 3.05) is 23.0 Å². The van der Waals surface area contributed by atoms with Crippen molar-refractivity contribution in [3.63, 3.8) is 0 Å². The summed E-state index contributed by atoms with van der Waals surface area (Å²) < 4.78 is 23.3. The minimum atomic E-state index is -3.35. The van der Waals surface area contributed by atoms with Gasteiger partial charge in [0.05, 0.1) is 11.7 Å². The van der Waals surface area contributed by atoms with Crippen molar-refractivity contribution < 1.29 is 27.9 Å². The third-order valence-electron chi connectivity index (χ3n) is 5.50. The number of nitrogens with one attached hydrogen (secondary N) is 1. The number of hydrogen-bond acceptors (Lipinski definition) is 5. The summed E-state index contributed by atoms with van der Waals surface area (Å²) in [6, 6.07) is 4.57. The van der Waals surface area contributed by atoms with Gasteiger partial charge in [0.2, 0.25) is 11.8 Å². The summed E-state index contributed by atoms with van der Waals surface area (Å²) >= 11 is 0. The lowest BCUT2D eigenvalue weighted by molar-refractivity contribution is -0.142. The van der Waals surface area contributed by atoms with Gasteiger partial charge in [0, 0.05) is 24.4 Å². The average Bonchev–Trinajstić information content (AvgIpc) is 3.11. The summed E-state index contributed by atoms with van der Waals surface area (Å²) in [5.74, 6) is -3.10. The molecule has 1 saturated heterocycles. The molecule has 2 N–H and O–H groups in total. The number of hydrogen-bond donors (Lipinski definition) is 2. The molecule has 2 amide bonds. The normalized spacial score (nSPS) is 17.8. The fourth-order valence-corrected chi connectivity index (χ4v) is 4.53. The molecule has 1 aliphatic rings. The molecule has 0 radical (unpaired) electrons. The largest absolute Gasteiger partial charge is 0.480 e. The number of carbonyl (C=O) groups excluding carboxylic acids is 2. The molecular weight excluding hydrogens is 408 g/mol. The number of anilines is 1. The van der Waals surface area contributed by atoms with Crippen LogP contribution in [0.1, 0.15) is 44.7 Å². The second-order valence-electron chi connectivity index (χ2n) is 7.46. The number of aliphatic carboxylic acids is 1. The van der Waals surface area contributed by atoms with Gasteiger partial charge in [-0.25, -0.2) is 13.2 Å². The maximum absolute atomic E-state index is 12.7. The number of amides is 2. The Labute approximate surface area is 177 Å². The van der Waals surface area contributed by atoms with E-state index in [2.05, 4.69) is 5.32 Å². The van der Waals surface area contributed by atoms with Gasteiger partial charge < -0.3 is 15.3 Å². The van der Waals surface area contributed by atoms with Crippen LogP contribution in [0.3, 0.4) is 0 Å². The molecule has 2 unspecified atom stereocenters. The third kappa shape index (κ3) is 5.59. The monoisotopic (exact) mass is 438 g/mol. The standard InChI is InChI=1S/C21H30N2O6S/c1-4-14-8-7-9-15(5-2)19(14)23-13-16(12-18(23)24)20(25)22-17(21(26)27)10-11-30(28,29)6-3/h7-9,16-17H,4-6,10-13H2,1-3H3,(H,22,25)(H,26,27). The van der Waals surface area contributed by atoms with Crippen LogP contribution in [0.5, 0.6) is 0 Å². The molecule has 9 heteroatoms. The summed E-state index contributed by atoms with van der Waals surface area (Å²) in [4.78, 5) is 38.5. The van der Waals surface area contributed by atoms with Crippen LogP contribution in [0.25, 0.3) is 0 Å². The molecule has 2 atom stereocenters. The van der Waals surface area contributed by atoms with E-state index in [0.29, 0.717) is 0 Å². The predicted octanol–water partition coefficient (Wildman–Crippen LogP) is 1.56. The molecular formula is C21H30N2O6S. The Balaban J connectivity index is 2.14. The molecule has 8 nitrogen and oxygen atoms in total. The molecule has 1 heterocycles. The molecule has 0 aromatic heterocycles. The maximum Gasteiger partial charge on any atom is 0.326 e. The van der Waals surface area contributed by atoms with Crippen LogP contribution in [-0.2, 0) is 37.1 Å². The van der Waals surface area contributed by atoms with Gasteiger partial charge in [-0.05, 0) is 30.4 Å². The van der Waals surface area contributed by atoms with E-state index in [1.54, 1.807) is 4.90 Å². The van der Waals surface area contributed by atoms with Gasteiger partial charge in [-0.1, -0.05) is 39.0 Å². The smallest absolute Gasteiger partial charge is 0.326 e. The van der Waals surface area contributed by atoms with Crippen molar-refractivity contribution in [2.24, 2.45) is 5.92 Å². The van der Waals surface area contributed by atoms with Crippen molar-refractivity contribution in [1.29, 1.82) is 0 Å². The van der Waals surface area contributed by atoms with Crippen molar-refractivity contribution in [3.8, 4) is 0 Å². The van der Waals surface area contributed by atoms with E-state index in [9.17, 15) is 27.9 Å². The van der Waals surface area contributed by atoms with E-state index < -0.39 is 33.7 Å². The molecule has 0 saturated carbocycles. The van der Waals surface area contributed by atoms with Crippen LogP contribution in [0, 0.1) is 5.92 Å². The van der Waals surface area contributed by atoms with Crippen molar-refractivity contribution in [2.45, 2.75) is 52.5 Å². The molecule has 1 fully saturated rings. The summed E-state index contributed by atoms with van der Waals surface area (Å²) in [6.07, 6.45) is 1.28. The first-order chi connectivity index (χ1) is 14.1. The van der Waals surface area contributed by atoms with E-state index in [1.807, 2.05) is 32.0 Å². The van der Waals surface area contributed by atoms with Crippen LogP contribution in [-0.4, -0.2) is 55.4 Å². The topological polar surface area (TPSA) is 121 Å². The molecule has 0 spiro atoms. The first-order valence-electron chi connectivity index (χ1n) is 10.3. The highest BCUT2D eigenvalue weighted by Gasteiger charge is 2.38. The number of nitrogens with zero attached hydrogens (tertiary/aromatic N) is 1. The summed E-state index contributed by atoms with van der Waals surface area (Å²) in [5, 5.41) is 11.8. The van der Waals surface area contributed by atoms with Crippen molar-refractivity contribution >= 4 is 33.3 Å². The highest BCUT2D eigenvalue weighted by atomic mass is 32.2. The summed E-state index contributed by atoms with van der Waals surface area (Å²) in [6.45, 7) is 5.67. The SMILES string of the molecule is CCc1cccc(CC)c1N1CC(C(=O)NC(CCS(=O)(=O)CC)C(=O)O)CC1=O. The summed E-state index contributed by atoms with van der Waals surface area (Å²) in [5.41, 5.74) is 2.89. The minimum absolute atomic E-state index is 0.00731. The lowest BCUT2D eigenvalue weighted by Gasteiger charge is -2.23. The number of sulfone groups is 1. The Hall–Kier alpha value is -2.42. The number of carbonyl (C=O) groups is 3. The van der Waals surface area contributed by atoms with Gasteiger partial charge in [0.1, 0.15) is 15.9 Å². The number of para-hydroxylation sites is 1. The highest BCUT2D eigenvalue weighted by Crippen LogP contribution is 2.32. The predicted molar refractivity (Wildman–Crippen MR) is 114 cm³/mol. The average molecular weight is 439 g/mol. The third-order valence-corrected chi connectivity index (χ3v) is 7.24. The van der Waals surface area contributed by atoms with Gasteiger partial charge >= 0.3 is 5.97 Å². The van der Waals surface area contributed by atoms with Crippen LogP contribution < -0.4 is 10.2 Å². The Kier molecular flexibility index (Phi) is 8.00. The molecule has 1 aromatic carbocycles. The second kappa shape index (κ2) is 10.1. The van der Waals surface area contributed by atoms with Crippen LogP contribution in [0.2, 0.25) is 0 Å². The van der Waals surface area contributed by atoms with E-state index >= 15 is 0 Å². The zero-order chi connectivity index (χ0) is 22.5. The highest BCUT2D eigenvalue weighted by molar-refractivity contribution is 7.91. The lowest BCUT2D eigenvalue weighted by Crippen LogP contribution is -2.45. The van der Waals surface area contributed by atoms with E-state index in [-0.39, 0.29) is 36.8 Å². The molecule has 1 aliphatic heterocycles. The zero-order valence-corrected chi connectivity index (χ0v) is 18.5. The van der Waals surface area contributed by atoms with Gasteiger partial charge in [-0.2, -0.15) is 0 Å². The Morgan fingerprint density at radius 2 is 1.80 bits per heavy atom. The van der Waals surface area contributed by atoms with Crippen molar-refractivity contribution in [3.05, 3.63) is 29.3 Å². The quantitative estimate of drug-likeness (QED) is 0.572. The van der Waals surface area contributed by atoms with Crippen LogP contribution in [0.15, 0.2) is 18.2 Å². The molecule has 0 aliphatic carbocycles.